The maximum Gasteiger partial charge on any atom is 0.407 e. The third-order valence-electron chi connectivity index (χ3n) is 1.66. The van der Waals surface area contributed by atoms with Gasteiger partial charge >= 0.3 is 12.1 Å². The summed E-state index contributed by atoms with van der Waals surface area (Å²) in [7, 11) is 0. The molecule has 0 saturated heterocycles. The molecule has 0 rings (SSSR count). The summed E-state index contributed by atoms with van der Waals surface area (Å²) in [5, 5.41) is 2.59. The van der Waals surface area contributed by atoms with Crippen LogP contribution in [-0.2, 0) is 14.3 Å². The monoisotopic (exact) mass is 259 g/mol. The van der Waals surface area contributed by atoms with E-state index >= 15 is 0 Å². The molecule has 5 heteroatoms. The molecule has 0 aliphatic rings. The SMILES string of the molecule is CC(CC(=O)OC(C)(C)C)NC(=O)OC(C)(C)C. The Balaban J connectivity index is 4.08. The molecular weight excluding hydrogens is 234 g/mol. The molecule has 0 aliphatic heterocycles. The number of hydrogen-bond acceptors (Lipinski definition) is 4. The highest BCUT2D eigenvalue weighted by molar-refractivity contribution is 5.73. The fourth-order valence-corrected chi connectivity index (χ4v) is 1.19. The lowest BCUT2D eigenvalue weighted by Gasteiger charge is -2.23. The Bertz CT molecular complexity index is 269. The number of hydrogen-bond donors (Lipinski definition) is 1. The molecule has 18 heavy (non-hydrogen) atoms. The second kappa shape index (κ2) is 6.07. The van der Waals surface area contributed by atoms with Gasteiger partial charge in [0, 0.05) is 6.04 Å². The van der Waals surface area contributed by atoms with E-state index in [1.807, 2.05) is 0 Å². The summed E-state index contributed by atoms with van der Waals surface area (Å²) < 4.78 is 10.2. The van der Waals surface area contributed by atoms with Crippen molar-refractivity contribution < 1.29 is 19.1 Å². The smallest absolute Gasteiger partial charge is 0.407 e. The van der Waals surface area contributed by atoms with E-state index in [1.165, 1.54) is 0 Å². The van der Waals surface area contributed by atoms with Gasteiger partial charge in [-0.15, -0.1) is 0 Å². The van der Waals surface area contributed by atoms with Gasteiger partial charge in [-0.3, -0.25) is 4.79 Å². The molecule has 0 saturated carbocycles. The average Bonchev–Trinajstić information content (AvgIpc) is 1.92. The number of carbonyl (C=O) groups is 2. The molecule has 1 amide bonds. The summed E-state index contributed by atoms with van der Waals surface area (Å²) in [6.07, 6.45) is -0.408. The molecule has 1 atom stereocenters. The van der Waals surface area contributed by atoms with E-state index in [2.05, 4.69) is 5.32 Å². The molecule has 0 aromatic rings. The highest BCUT2D eigenvalue weighted by atomic mass is 16.6. The van der Waals surface area contributed by atoms with Crippen molar-refractivity contribution in [3.8, 4) is 0 Å². The Morgan fingerprint density at radius 2 is 1.44 bits per heavy atom. The highest BCUT2D eigenvalue weighted by Gasteiger charge is 2.21. The lowest BCUT2D eigenvalue weighted by molar-refractivity contribution is -0.155. The minimum Gasteiger partial charge on any atom is -0.460 e. The zero-order valence-corrected chi connectivity index (χ0v) is 12.4. The minimum absolute atomic E-state index is 0.122. The standard InChI is InChI=1S/C13H25NO4/c1-9(8-10(15)17-12(2,3)4)14-11(16)18-13(5,6)7/h9H,8H2,1-7H3,(H,14,16). The Labute approximate surface area is 109 Å². The van der Waals surface area contributed by atoms with Gasteiger partial charge in [-0.2, -0.15) is 0 Å². The van der Waals surface area contributed by atoms with Crippen molar-refractivity contribution in [1.82, 2.24) is 5.32 Å². The molecule has 0 heterocycles. The van der Waals surface area contributed by atoms with Crippen molar-refractivity contribution >= 4 is 12.1 Å². The molecule has 0 aromatic carbocycles. The van der Waals surface area contributed by atoms with Crippen molar-refractivity contribution in [2.45, 2.75) is 72.1 Å². The fraction of sp³-hybridized carbons (Fsp3) is 0.846. The van der Waals surface area contributed by atoms with Gasteiger partial charge < -0.3 is 14.8 Å². The quantitative estimate of drug-likeness (QED) is 0.791. The van der Waals surface area contributed by atoms with E-state index in [9.17, 15) is 9.59 Å². The van der Waals surface area contributed by atoms with Crippen LogP contribution in [0, 0.1) is 0 Å². The molecule has 1 N–H and O–H groups in total. The van der Waals surface area contributed by atoms with E-state index in [4.69, 9.17) is 9.47 Å². The van der Waals surface area contributed by atoms with E-state index < -0.39 is 17.3 Å². The lowest BCUT2D eigenvalue weighted by Crippen LogP contribution is -2.39. The van der Waals surface area contributed by atoms with Crippen molar-refractivity contribution in [1.29, 1.82) is 0 Å². The predicted molar refractivity (Wildman–Crippen MR) is 69.3 cm³/mol. The van der Waals surface area contributed by atoms with E-state index in [0.717, 1.165) is 0 Å². The molecule has 0 radical (unpaired) electrons. The lowest BCUT2D eigenvalue weighted by atomic mass is 10.2. The number of amides is 1. The van der Waals surface area contributed by atoms with Crippen LogP contribution >= 0.6 is 0 Å². The Hall–Kier alpha value is -1.26. The normalized spacial score (nSPS) is 13.7. The molecule has 0 bridgehead atoms. The molecule has 5 nitrogen and oxygen atoms in total. The van der Waals surface area contributed by atoms with Gasteiger partial charge in [0.2, 0.25) is 0 Å². The van der Waals surface area contributed by atoms with Crippen LogP contribution in [0.25, 0.3) is 0 Å². The first kappa shape index (κ1) is 16.7. The number of nitrogens with one attached hydrogen (secondary N) is 1. The molecule has 0 fully saturated rings. The predicted octanol–water partition coefficient (Wildman–Crippen LogP) is 2.63. The highest BCUT2D eigenvalue weighted by Crippen LogP contribution is 2.10. The molecule has 106 valence electrons. The van der Waals surface area contributed by atoms with Gasteiger partial charge in [0.15, 0.2) is 0 Å². The van der Waals surface area contributed by atoms with E-state index in [0.29, 0.717) is 0 Å². The van der Waals surface area contributed by atoms with Crippen LogP contribution in [0.5, 0.6) is 0 Å². The summed E-state index contributed by atoms with van der Waals surface area (Å²) in [5.74, 6) is -0.342. The number of carbonyl (C=O) groups excluding carboxylic acids is 2. The summed E-state index contributed by atoms with van der Waals surface area (Å²) in [6.45, 7) is 12.5. The van der Waals surface area contributed by atoms with Crippen LogP contribution in [0.4, 0.5) is 4.79 Å². The van der Waals surface area contributed by atoms with Gasteiger partial charge in [-0.05, 0) is 48.5 Å². The van der Waals surface area contributed by atoms with Crippen LogP contribution in [0.3, 0.4) is 0 Å². The van der Waals surface area contributed by atoms with Crippen LogP contribution in [-0.4, -0.2) is 29.3 Å². The van der Waals surface area contributed by atoms with Crippen LogP contribution in [0.15, 0.2) is 0 Å². The van der Waals surface area contributed by atoms with E-state index in [1.54, 1.807) is 48.5 Å². The number of ether oxygens (including phenoxy) is 2. The van der Waals surface area contributed by atoms with Crippen molar-refractivity contribution in [3.63, 3.8) is 0 Å². The van der Waals surface area contributed by atoms with Crippen LogP contribution in [0.1, 0.15) is 54.9 Å². The Morgan fingerprint density at radius 1 is 1.00 bits per heavy atom. The van der Waals surface area contributed by atoms with Crippen molar-refractivity contribution in [2.24, 2.45) is 0 Å². The number of esters is 1. The summed E-state index contributed by atoms with van der Waals surface area (Å²) in [4.78, 5) is 23.0. The number of rotatable bonds is 3. The Morgan fingerprint density at radius 3 is 1.83 bits per heavy atom. The summed E-state index contributed by atoms with van der Waals surface area (Å²) >= 11 is 0. The summed E-state index contributed by atoms with van der Waals surface area (Å²) in [6, 6.07) is -0.324. The third-order valence-corrected chi connectivity index (χ3v) is 1.66. The zero-order valence-electron chi connectivity index (χ0n) is 12.4. The first-order valence-electron chi connectivity index (χ1n) is 6.10. The summed E-state index contributed by atoms with van der Waals surface area (Å²) in [5.41, 5.74) is -1.06. The second-order valence-electron chi connectivity index (χ2n) is 6.34. The fourth-order valence-electron chi connectivity index (χ4n) is 1.19. The maximum atomic E-state index is 11.5. The number of alkyl carbamates (subject to hydrolysis) is 1. The van der Waals surface area contributed by atoms with Gasteiger partial charge in [-0.1, -0.05) is 0 Å². The minimum atomic E-state index is -0.546. The van der Waals surface area contributed by atoms with Gasteiger partial charge in [-0.25, -0.2) is 4.79 Å². The first-order chi connectivity index (χ1) is 7.89. The Kier molecular flexibility index (Phi) is 5.64. The third kappa shape index (κ3) is 9.93. The first-order valence-corrected chi connectivity index (χ1v) is 6.10. The molecule has 1 unspecified atom stereocenters. The molecule has 0 aromatic heterocycles. The van der Waals surface area contributed by atoms with Gasteiger partial charge in [0.25, 0.3) is 0 Å². The topological polar surface area (TPSA) is 64.6 Å². The van der Waals surface area contributed by atoms with Crippen LogP contribution in [0.2, 0.25) is 0 Å². The second-order valence-corrected chi connectivity index (χ2v) is 6.34. The van der Waals surface area contributed by atoms with Crippen LogP contribution < -0.4 is 5.32 Å². The zero-order chi connectivity index (χ0) is 14.6. The van der Waals surface area contributed by atoms with Crippen molar-refractivity contribution in [3.05, 3.63) is 0 Å². The largest absolute Gasteiger partial charge is 0.460 e. The molecule has 0 aliphatic carbocycles. The average molecular weight is 259 g/mol. The van der Waals surface area contributed by atoms with E-state index in [-0.39, 0.29) is 18.4 Å². The maximum absolute atomic E-state index is 11.5. The van der Waals surface area contributed by atoms with Crippen molar-refractivity contribution in [2.75, 3.05) is 0 Å². The van der Waals surface area contributed by atoms with Gasteiger partial charge in [0.1, 0.15) is 11.2 Å². The molecule has 0 spiro atoms. The van der Waals surface area contributed by atoms with Gasteiger partial charge in [0.05, 0.1) is 6.42 Å². The molecular formula is C13H25NO4.